The summed E-state index contributed by atoms with van der Waals surface area (Å²) in [4.78, 5) is 11.3. The summed E-state index contributed by atoms with van der Waals surface area (Å²) in [6.07, 6.45) is 0.974. The molecule has 0 unspecified atom stereocenters. The maximum atomic E-state index is 11.3. The van der Waals surface area contributed by atoms with E-state index in [1.807, 2.05) is 13.8 Å². The molecule has 1 N–H and O–H groups in total. The van der Waals surface area contributed by atoms with Crippen molar-refractivity contribution in [2.24, 2.45) is 0 Å². The normalized spacial score (nSPS) is 10.6. The molecule has 0 aliphatic carbocycles. The van der Waals surface area contributed by atoms with E-state index in [4.69, 9.17) is 4.74 Å². The van der Waals surface area contributed by atoms with Gasteiger partial charge in [0.1, 0.15) is 0 Å². The number of hydrogen-bond donors (Lipinski definition) is 1. The summed E-state index contributed by atoms with van der Waals surface area (Å²) in [7, 11) is 0. The summed E-state index contributed by atoms with van der Waals surface area (Å²) < 4.78 is 5.81. The molecule has 17 heavy (non-hydrogen) atoms. The zero-order valence-corrected chi connectivity index (χ0v) is 11.9. The van der Waals surface area contributed by atoms with Gasteiger partial charge in [0.25, 0.3) is 0 Å². The Kier molecular flexibility index (Phi) is 6.28. The highest BCUT2D eigenvalue weighted by molar-refractivity contribution is 8.01. The van der Waals surface area contributed by atoms with Crippen LogP contribution in [-0.4, -0.2) is 34.6 Å². The van der Waals surface area contributed by atoms with Crippen LogP contribution in [0.1, 0.15) is 27.2 Å². The number of nitrogens with one attached hydrogen (secondary N) is 1. The van der Waals surface area contributed by atoms with Crippen LogP contribution in [0.4, 0.5) is 5.13 Å². The molecule has 5 nitrogen and oxygen atoms in total. The van der Waals surface area contributed by atoms with E-state index in [2.05, 4.69) is 22.4 Å². The Balaban J connectivity index is 2.31. The van der Waals surface area contributed by atoms with Crippen molar-refractivity contribution in [3.05, 3.63) is 0 Å². The number of ether oxygens (including phenoxy) is 1. The summed E-state index contributed by atoms with van der Waals surface area (Å²) in [5, 5.41) is 11.9. The average Bonchev–Trinajstić information content (AvgIpc) is 2.70. The Hall–Kier alpha value is -0.820. The first-order valence-electron chi connectivity index (χ1n) is 5.51. The lowest BCUT2D eigenvalue weighted by molar-refractivity contribution is -0.144. The van der Waals surface area contributed by atoms with Crippen LogP contribution in [-0.2, 0) is 9.53 Å². The van der Waals surface area contributed by atoms with Crippen LogP contribution in [0.2, 0.25) is 0 Å². The molecule has 1 aromatic heterocycles. The number of carbonyl (C=O) groups excluding carboxylic acids is 1. The van der Waals surface area contributed by atoms with Gasteiger partial charge in [-0.2, -0.15) is 0 Å². The number of aromatic nitrogens is 2. The van der Waals surface area contributed by atoms with Gasteiger partial charge in [-0.1, -0.05) is 30.0 Å². The highest BCUT2D eigenvalue weighted by atomic mass is 32.2. The van der Waals surface area contributed by atoms with E-state index in [0.717, 1.165) is 22.4 Å². The predicted octanol–water partition coefficient (Wildman–Crippen LogP) is 2.40. The van der Waals surface area contributed by atoms with E-state index in [9.17, 15) is 4.79 Å². The van der Waals surface area contributed by atoms with Crippen molar-refractivity contribution >= 4 is 34.2 Å². The minimum atomic E-state index is -0.219. The maximum absolute atomic E-state index is 11.3. The van der Waals surface area contributed by atoms with E-state index in [1.54, 1.807) is 0 Å². The molecule has 0 bridgehead atoms. The molecule has 96 valence electrons. The van der Waals surface area contributed by atoms with E-state index >= 15 is 0 Å². The van der Waals surface area contributed by atoms with Crippen molar-refractivity contribution in [3.8, 4) is 0 Å². The molecule has 0 amide bonds. The first-order chi connectivity index (χ1) is 8.11. The number of carbonyl (C=O) groups is 1. The third-order valence-electron chi connectivity index (χ3n) is 1.61. The van der Waals surface area contributed by atoms with E-state index in [-0.39, 0.29) is 17.8 Å². The molecule has 0 aliphatic heterocycles. The fourth-order valence-electron chi connectivity index (χ4n) is 0.989. The van der Waals surface area contributed by atoms with Crippen molar-refractivity contribution in [2.45, 2.75) is 37.6 Å². The van der Waals surface area contributed by atoms with E-state index in [1.165, 1.54) is 23.1 Å². The number of rotatable bonds is 7. The SMILES string of the molecule is CCCNc1nnc(SCC(=O)OC(C)C)s1. The van der Waals surface area contributed by atoms with Crippen LogP contribution >= 0.6 is 23.1 Å². The molecule has 0 fully saturated rings. The standard InChI is InChI=1S/C10H17N3O2S2/c1-4-5-11-9-12-13-10(17-9)16-6-8(14)15-7(2)3/h7H,4-6H2,1-3H3,(H,11,12). The summed E-state index contributed by atoms with van der Waals surface area (Å²) in [5.41, 5.74) is 0. The summed E-state index contributed by atoms with van der Waals surface area (Å²) >= 11 is 2.81. The fraction of sp³-hybridized carbons (Fsp3) is 0.700. The molecule has 1 heterocycles. The van der Waals surface area contributed by atoms with E-state index < -0.39 is 0 Å². The first-order valence-corrected chi connectivity index (χ1v) is 7.31. The van der Waals surface area contributed by atoms with Crippen molar-refractivity contribution in [1.29, 1.82) is 0 Å². The minimum Gasteiger partial charge on any atom is -0.462 e. The number of esters is 1. The van der Waals surface area contributed by atoms with Crippen LogP contribution in [0.3, 0.4) is 0 Å². The van der Waals surface area contributed by atoms with Gasteiger partial charge in [0, 0.05) is 6.54 Å². The van der Waals surface area contributed by atoms with Gasteiger partial charge in [-0.25, -0.2) is 0 Å². The molecule has 7 heteroatoms. The lowest BCUT2D eigenvalue weighted by Gasteiger charge is -2.05. The minimum absolute atomic E-state index is 0.0701. The Morgan fingerprint density at radius 2 is 2.29 bits per heavy atom. The summed E-state index contributed by atoms with van der Waals surface area (Å²) in [6, 6.07) is 0. The second-order valence-corrected chi connectivity index (χ2v) is 5.83. The number of thioether (sulfide) groups is 1. The fourth-order valence-corrected chi connectivity index (χ4v) is 2.55. The van der Waals surface area contributed by atoms with Crippen LogP contribution in [0.5, 0.6) is 0 Å². The van der Waals surface area contributed by atoms with Gasteiger partial charge in [0.15, 0.2) is 4.34 Å². The monoisotopic (exact) mass is 275 g/mol. The molecule has 0 atom stereocenters. The van der Waals surface area contributed by atoms with Crippen molar-refractivity contribution in [1.82, 2.24) is 10.2 Å². The zero-order chi connectivity index (χ0) is 12.7. The molecule has 0 aromatic carbocycles. The lowest BCUT2D eigenvalue weighted by atomic mass is 10.5. The Morgan fingerprint density at radius 1 is 1.53 bits per heavy atom. The first kappa shape index (κ1) is 14.2. The average molecular weight is 275 g/mol. The van der Waals surface area contributed by atoms with Crippen LogP contribution in [0.15, 0.2) is 4.34 Å². The van der Waals surface area contributed by atoms with Gasteiger partial charge in [-0.05, 0) is 20.3 Å². The highest BCUT2D eigenvalue weighted by Crippen LogP contribution is 2.25. The molecular formula is C10H17N3O2S2. The largest absolute Gasteiger partial charge is 0.462 e. The van der Waals surface area contributed by atoms with Gasteiger partial charge < -0.3 is 10.1 Å². The van der Waals surface area contributed by atoms with Crippen LogP contribution in [0.25, 0.3) is 0 Å². The summed E-state index contributed by atoms with van der Waals surface area (Å²) in [5.74, 6) is 0.0592. The second-order valence-electron chi connectivity index (χ2n) is 3.63. The van der Waals surface area contributed by atoms with Gasteiger partial charge in [0.05, 0.1) is 11.9 Å². The molecule has 1 aromatic rings. The molecule has 0 saturated heterocycles. The molecule has 0 saturated carbocycles. The van der Waals surface area contributed by atoms with Gasteiger partial charge in [-0.3, -0.25) is 4.79 Å². The smallest absolute Gasteiger partial charge is 0.316 e. The molecular weight excluding hydrogens is 258 g/mol. The van der Waals surface area contributed by atoms with Crippen molar-refractivity contribution in [2.75, 3.05) is 17.6 Å². The van der Waals surface area contributed by atoms with Gasteiger partial charge >= 0.3 is 5.97 Å². The Morgan fingerprint density at radius 3 is 2.94 bits per heavy atom. The van der Waals surface area contributed by atoms with Gasteiger partial charge in [-0.15, -0.1) is 10.2 Å². The summed E-state index contributed by atoms with van der Waals surface area (Å²) in [6.45, 7) is 6.64. The molecule has 0 radical (unpaired) electrons. The quantitative estimate of drug-likeness (QED) is 0.609. The molecule has 1 rings (SSSR count). The topological polar surface area (TPSA) is 64.1 Å². The van der Waals surface area contributed by atoms with Crippen molar-refractivity contribution < 1.29 is 9.53 Å². The molecule has 0 aliphatic rings. The highest BCUT2D eigenvalue weighted by Gasteiger charge is 2.09. The van der Waals surface area contributed by atoms with E-state index in [0.29, 0.717) is 0 Å². The third kappa shape index (κ3) is 5.88. The lowest BCUT2D eigenvalue weighted by Crippen LogP contribution is -2.13. The maximum Gasteiger partial charge on any atom is 0.316 e. The third-order valence-corrected chi connectivity index (χ3v) is 3.60. The number of hydrogen-bond acceptors (Lipinski definition) is 7. The predicted molar refractivity (Wildman–Crippen MR) is 70.6 cm³/mol. The van der Waals surface area contributed by atoms with Crippen molar-refractivity contribution in [3.63, 3.8) is 0 Å². The zero-order valence-electron chi connectivity index (χ0n) is 10.2. The Labute approximate surface area is 109 Å². The Bertz CT molecular complexity index is 355. The van der Waals surface area contributed by atoms with Gasteiger partial charge in [0.2, 0.25) is 5.13 Å². The van der Waals surface area contributed by atoms with Crippen LogP contribution < -0.4 is 5.32 Å². The van der Waals surface area contributed by atoms with Crippen LogP contribution in [0, 0.1) is 0 Å². The second kappa shape index (κ2) is 7.50. The number of nitrogens with zero attached hydrogens (tertiary/aromatic N) is 2. The molecule has 0 spiro atoms. The number of anilines is 1.